The van der Waals surface area contributed by atoms with E-state index in [0.717, 1.165) is 5.56 Å². The van der Waals surface area contributed by atoms with Crippen LogP contribution in [0.4, 0.5) is 0 Å². The summed E-state index contributed by atoms with van der Waals surface area (Å²) in [5.74, 6) is -0.0660. The zero-order valence-corrected chi connectivity index (χ0v) is 16.4. The van der Waals surface area contributed by atoms with Crippen LogP contribution in [0.5, 0.6) is 0 Å². The minimum absolute atomic E-state index is 0.0418. The first kappa shape index (κ1) is 18.8. The minimum Gasteiger partial charge on any atom is -0.350 e. The summed E-state index contributed by atoms with van der Waals surface area (Å²) in [6.07, 6.45) is 0. The highest BCUT2D eigenvalue weighted by Crippen LogP contribution is 2.25. The summed E-state index contributed by atoms with van der Waals surface area (Å²) in [7, 11) is 0. The first-order valence-electron chi connectivity index (χ1n) is 9.25. The molecule has 10 heteroatoms. The third-order valence-electron chi connectivity index (χ3n) is 4.32. The molecule has 1 aromatic carbocycles. The summed E-state index contributed by atoms with van der Waals surface area (Å²) in [6.45, 7) is 6.42. The van der Waals surface area contributed by atoms with Crippen molar-refractivity contribution in [2.45, 2.75) is 32.9 Å². The monoisotopic (exact) mass is 395 g/mol. The fourth-order valence-corrected chi connectivity index (χ4v) is 3.10. The van der Waals surface area contributed by atoms with E-state index in [1.54, 1.807) is 0 Å². The molecule has 3 aromatic rings. The Labute approximate surface area is 166 Å². The Kier molecular flexibility index (Phi) is 4.61. The number of hydrogen-bond donors (Lipinski definition) is 1. The van der Waals surface area contributed by atoms with Crippen LogP contribution in [-0.2, 0) is 11.3 Å². The van der Waals surface area contributed by atoms with Crippen molar-refractivity contribution in [2.24, 2.45) is 0 Å². The van der Waals surface area contributed by atoms with Crippen molar-refractivity contribution >= 4 is 11.8 Å². The molecule has 1 aliphatic rings. The van der Waals surface area contributed by atoms with E-state index < -0.39 is 0 Å². The van der Waals surface area contributed by atoms with Crippen LogP contribution in [0.25, 0.3) is 23.0 Å². The Hall–Kier alpha value is -3.56. The lowest BCUT2D eigenvalue weighted by Gasteiger charge is -2.28. The van der Waals surface area contributed by atoms with E-state index in [0.29, 0.717) is 18.9 Å². The van der Waals surface area contributed by atoms with Gasteiger partial charge in [-0.3, -0.25) is 9.59 Å². The first-order chi connectivity index (χ1) is 13.8. The SMILES string of the molecule is CC(C)(C)NC(=O)CN1CCn2nnc(-c3nc(-c4ccccc4)no3)c2C1=O. The average Bonchev–Trinajstić information content (AvgIpc) is 3.30. The summed E-state index contributed by atoms with van der Waals surface area (Å²) in [5, 5.41) is 14.9. The van der Waals surface area contributed by atoms with Crippen LogP contribution in [0.2, 0.25) is 0 Å². The highest BCUT2D eigenvalue weighted by Gasteiger charge is 2.33. The second kappa shape index (κ2) is 7.12. The van der Waals surface area contributed by atoms with Gasteiger partial charge in [0, 0.05) is 17.6 Å². The predicted octanol–water partition coefficient (Wildman–Crippen LogP) is 1.37. The van der Waals surface area contributed by atoms with Gasteiger partial charge in [-0.15, -0.1) is 5.10 Å². The quantitative estimate of drug-likeness (QED) is 0.708. The predicted molar refractivity (Wildman–Crippen MR) is 103 cm³/mol. The second-order valence-corrected chi connectivity index (χ2v) is 7.82. The number of carbonyl (C=O) groups excluding carboxylic acids is 2. The van der Waals surface area contributed by atoms with Crippen LogP contribution in [0.1, 0.15) is 31.3 Å². The molecule has 150 valence electrons. The number of hydrogen-bond acceptors (Lipinski definition) is 7. The van der Waals surface area contributed by atoms with Crippen molar-refractivity contribution in [3.05, 3.63) is 36.0 Å². The summed E-state index contributed by atoms with van der Waals surface area (Å²) in [5.41, 5.74) is 0.867. The van der Waals surface area contributed by atoms with Crippen LogP contribution in [0, 0.1) is 0 Å². The molecule has 2 amide bonds. The Morgan fingerprint density at radius 1 is 1.21 bits per heavy atom. The van der Waals surface area contributed by atoms with Gasteiger partial charge in [-0.1, -0.05) is 40.7 Å². The normalized spacial score (nSPS) is 14.0. The molecule has 29 heavy (non-hydrogen) atoms. The largest absolute Gasteiger partial charge is 0.350 e. The lowest BCUT2D eigenvalue weighted by atomic mass is 10.1. The van der Waals surface area contributed by atoms with Gasteiger partial charge in [-0.05, 0) is 20.8 Å². The second-order valence-electron chi connectivity index (χ2n) is 7.82. The number of rotatable bonds is 4. The molecule has 0 bridgehead atoms. The number of benzene rings is 1. The summed E-state index contributed by atoms with van der Waals surface area (Å²) >= 11 is 0. The topological polar surface area (TPSA) is 119 Å². The highest BCUT2D eigenvalue weighted by atomic mass is 16.5. The third kappa shape index (κ3) is 3.86. The molecule has 0 radical (unpaired) electrons. The number of carbonyl (C=O) groups is 2. The lowest BCUT2D eigenvalue weighted by Crippen LogP contribution is -2.49. The molecule has 0 saturated carbocycles. The zero-order chi connectivity index (χ0) is 20.6. The number of nitrogens with zero attached hydrogens (tertiary/aromatic N) is 6. The average molecular weight is 395 g/mol. The fraction of sp³-hybridized carbons (Fsp3) is 0.368. The van der Waals surface area contributed by atoms with Crippen LogP contribution in [-0.4, -0.2) is 60.5 Å². The minimum atomic E-state index is -0.373. The maximum Gasteiger partial charge on any atom is 0.281 e. The Bertz CT molecular complexity index is 1050. The number of fused-ring (bicyclic) bond motifs is 1. The van der Waals surface area contributed by atoms with Gasteiger partial charge in [-0.25, -0.2) is 4.68 Å². The van der Waals surface area contributed by atoms with Crippen molar-refractivity contribution < 1.29 is 14.1 Å². The fourth-order valence-electron chi connectivity index (χ4n) is 3.10. The standard InChI is InChI=1S/C19H21N7O3/c1-19(2,3)21-13(27)11-25-9-10-26-15(18(25)28)14(22-24-26)17-20-16(23-29-17)12-7-5-4-6-8-12/h4-8H,9-11H2,1-3H3,(H,21,27). The molecule has 10 nitrogen and oxygen atoms in total. The van der Waals surface area contributed by atoms with Crippen molar-refractivity contribution in [1.82, 2.24) is 35.4 Å². The smallest absolute Gasteiger partial charge is 0.281 e. The third-order valence-corrected chi connectivity index (χ3v) is 4.32. The summed E-state index contributed by atoms with van der Waals surface area (Å²) < 4.78 is 6.84. The van der Waals surface area contributed by atoms with E-state index in [2.05, 4.69) is 25.8 Å². The molecule has 3 heterocycles. The molecule has 0 aliphatic carbocycles. The van der Waals surface area contributed by atoms with Crippen LogP contribution < -0.4 is 5.32 Å². The Balaban J connectivity index is 1.58. The van der Waals surface area contributed by atoms with Gasteiger partial charge in [0.1, 0.15) is 0 Å². The zero-order valence-electron chi connectivity index (χ0n) is 16.4. The molecule has 0 fully saturated rings. The molecular formula is C19H21N7O3. The number of nitrogens with one attached hydrogen (secondary N) is 1. The molecule has 4 rings (SSSR count). The molecule has 0 unspecified atom stereocenters. The Morgan fingerprint density at radius 2 is 1.97 bits per heavy atom. The molecule has 2 aromatic heterocycles. The van der Waals surface area contributed by atoms with Gasteiger partial charge < -0.3 is 14.7 Å². The van der Waals surface area contributed by atoms with E-state index in [4.69, 9.17) is 4.52 Å². The van der Waals surface area contributed by atoms with Crippen molar-refractivity contribution in [2.75, 3.05) is 13.1 Å². The van der Waals surface area contributed by atoms with Crippen LogP contribution in [0.15, 0.2) is 34.9 Å². The van der Waals surface area contributed by atoms with E-state index in [-0.39, 0.29) is 41.2 Å². The van der Waals surface area contributed by atoms with Gasteiger partial charge in [-0.2, -0.15) is 4.98 Å². The van der Waals surface area contributed by atoms with Gasteiger partial charge in [0.05, 0.1) is 13.1 Å². The maximum atomic E-state index is 13.0. The van der Waals surface area contributed by atoms with E-state index in [1.807, 2.05) is 51.1 Å². The number of amides is 2. The van der Waals surface area contributed by atoms with Crippen LogP contribution in [0.3, 0.4) is 0 Å². The number of aromatic nitrogens is 5. The summed E-state index contributed by atoms with van der Waals surface area (Å²) in [4.78, 5) is 31.1. The van der Waals surface area contributed by atoms with Crippen molar-refractivity contribution in [1.29, 1.82) is 0 Å². The van der Waals surface area contributed by atoms with E-state index in [9.17, 15) is 9.59 Å². The molecule has 1 aliphatic heterocycles. The molecule has 1 N–H and O–H groups in total. The van der Waals surface area contributed by atoms with Gasteiger partial charge in [0.15, 0.2) is 11.4 Å². The lowest BCUT2D eigenvalue weighted by molar-refractivity contribution is -0.123. The summed E-state index contributed by atoms with van der Waals surface area (Å²) in [6, 6.07) is 9.35. The van der Waals surface area contributed by atoms with E-state index in [1.165, 1.54) is 9.58 Å². The van der Waals surface area contributed by atoms with Crippen molar-refractivity contribution in [3.63, 3.8) is 0 Å². The van der Waals surface area contributed by atoms with Crippen molar-refractivity contribution in [3.8, 4) is 23.0 Å². The Morgan fingerprint density at radius 3 is 2.69 bits per heavy atom. The van der Waals surface area contributed by atoms with Gasteiger partial charge >= 0.3 is 0 Å². The molecule has 0 spiro atoms. The first-order valence-corrected chi connectivity index (χ1v) is 9.25. The van der Waals surface area contributed by atoms with E-state index >= 15 is 0 Å². The molecule has 0 saturated heterocycles. The van der Waals surface area contributed by atoms with Gasteiger partial charge in [0.2, 0.25) is 11.7 Å². The molecular weight excluding hydrogens is 374 g/mol. The molecule has 0 atom stereocenters. The maximum absolute atomic E-state index is 13.0. The highest BCUT2D eigenvalue weighted by molar-refractivity contribution is 5.99. The van der Waals surface area contributed by atoms with Crippen LogP contribution >= 0.6 is 0 Å². The van der Waals surface area contributed by atoms with Gasteiger partial charge in [0.25, 0.3) is 11.8 Å².